The first kappa shape index (κ1) is 35.1. The van der Waals surface area contributed by atoms with E-state index < -0.39 is 20.0 Å². The molecule has 0 unspecified atom stereocenters. The molecule has 0 saturated carbocycles. The van der Waals surface area contributed by atoms with Crippen molar-refractivity contribution in [3.63, 3.8) is 0 Å². The van der Waals surface area contributed by atoms with Gasteiger partial charge in [-0.25, -0.2) is 16.8 Å². The van der Waals surface area contributed by atoms with Crippen molar-refractivity contribution in [2.45, 2.75) is 88.9 Å². The Hall–Kier alpha value is -4.30. The Balaban J connectivity index is 1.81. The standard InChI is InChI=1S/C44H45NO4S2/c1-25(2)31-19-13-20-32(26(3)4)39(31)37-23-29-15-9-11-17-35(29)41-42-36-18-12-10-16-30(36)24-38(44(42)51(48,49)45-50(46,47)43(37)41)40-33(27(5)6)21-14-22-34(40)28(7)8/h9-28,45H,1-8H3. The van der Waals surface area contributed by atoms with Crippen LogP contribution < -0.4 is 4.13 Å². The fourth-order valence-corrected chi connectivity index (χ4v) is 11.7. The molecule has 0 amide bonds. The summed E-state index contributed by atoms with van der Waals surface area (Å²) in [7, 11) is -9.33. The predicted octanol–water partition coefficient (Wildman–Crippen LogP) is 11.5. The molecule has 6 aromatic carbocycles. The second-order valence-corrected chi connectivity index (χ2v) is 18.5. The van der Waals surface area contributed by atoms with Gasteiger partial charge < -0.3 is 0 Å². The lowest BCUT2D eigenvalue weighted by Gasteiger charge is -2.25. The van der Waals surface area contributed by atoms with Crippen LogP contribution in [-0.4, -0.2) is 16.8 Å². The van der Waals surface area contributed by atoms with E-state index in [9.17, 15) is 0 Å². The van der Waals surface area contributed by atoms with Gasteiger partial charge in [0.1, 0.15) is 0 Å². The number of benzene rings is 6. The molecule has 0 fully saturated rings. The zero-order valence-corrected chi connectivity index (χ0v) is 32.1. The summed E-state index contributed by atoms with van der Waals surface area (Å²) < 4.78 is 62.4. The first-order valence-electron chi connectivity index (χ1n) is 17.8. The predicted molar refractivity (Wildman–Crippen MR) is 212 cm³/mol. The summed E-state index contributed by atoms with van der Waals surface area (Å²) in [6.07, 6.45) is 0. The largest absolute Gasteiger partial charge is 0.255 e. The number of sulfonamides is 2. The lowest BCUT2D eigenvalue weighted by Crippen LogP contribution is -2.30. The van der Waals surface area contributed by atoms with Gasteiger partial charge in [0.15, 0.2) is 0 Å². The molecule has 262 valence electrons. The maximum absolute atomic E-state index is 15.0. The zero-order chi connectivity index (χ0) is 36.6. The number of fused-ring (bicyclic) bond motifs is 7. The number of rotatable bonds is 6. The first-order valence-corrected chi connectivity index (χ1v) is 20.8. The normalized spacial score (nSPS) is 15.1. The topological polar surface area (TPSA) is 80.3 Å². The van der Waals surface area contributed by atoms with Crippen LogP contribution in [0.25, 0.3) is 54.9 Å². The minimum absolute atomic E-state index is 0.0120. The average molecular weight is 716 g/mol. The van der Waals surface area contributed by atoms with Gasteiger partial charge in [-0.15, -0.1) is 4.13 Å². The van der Waals surface area contributed by atoms with Crippen LogP contribution in [-0.2, 0) is 20.0 Å². The Morgan fingerprint density at radius 3 is 1.04 bits per heavy atom. The Morgan fingerprint density at radius 2 is 0.725 bits per heavy atom. The maximum atomic E-state index is 15.0. The van der Waals surface area contributed by atoms with Crippen LogP contribution in [0.15, 0.2) is 107 Å². The van der Waals surface area contributed by atoms with Gasteiger partial charge in [0.05, 0.1) is 9.79 Å². The molecule has 1 aliphatic rings. The van der Waals surface area contributed by atoms with E-state index in [0.717, 1.165) is 44.2 Å². The lowest BCUT2D eigenvalue weighted by atomic mass is 9.81. The van der Waals surface area contributed by atoms with Crippen molar-refractivity contribution in [3.05, 3.63) is 119 Å². The monoisotopic (exact) mass is 715 g/mol. The molecule has 0 bridgehead atoms. The third-order valence-electron chi connectivity index (χ3n) is 10.3. The summed E-state index contributed by atoms with van der Waals surface area (Å²) in [6.45, 7) is 16.8. The highest BCUT2D eigenvalue weighted by atomic mass is 32.3. The van der Waals surface area contributed by atoms with E-state index in [1.165, 1.54) is 0 Å². The maximum Gasteiger partial charge on any atom is 0.255 e. The Morgan fingerprint density at radius 1 is 0.412 bits per heavy atom. The number of hydrogen-bond acceptors (Lipinski definition) is 4. The van der Waals surface area contributed by atoms with Crippen LogP contribution in [0, 0.1) is 0 Å². The summed E-state index contributed by atoms with van der Waals surface area (Å²) >= 11 is 0. The van der Waals surface area contributed by atoms with E-state index in [2.05, 4.69) is 83.8 Å². The molecular formula is C44H45NO4S2. The van der Waals surface area contributed by atoms with Crippen molar-refractivity contribution in [2.24, 2.45) is 0 Å². The molecule has 7 rings (SSSR count). The van der Waals surface area contributed by atoms with Crippen molar-refractivity contribution in [1.82, 2.24) is 4.13 Å². The molecule has 0 spiro atoms. The fraction of sp³-hybridized carbons (Fsp3) is 0.273. The van der Waals surface area contributed by atoms with Gasteiger partial charge >= 0.3 is 0 Å². The van der Waals surface area contributed by atoms with Crippen LogP contribution in [0.2, 0.25) is 0 Å². The molecule has 6 aromatic rings. The van der Waals surface area contributed by atoms with Crippen molar-refractivity contribution >= 4 is 41.6 Å². The Labute approximate surface area is 302 Å². The molecule has 1 aliphatic heterocycles. The van der Waals surface area contributed by atoms with E-state index in [-0.39, 0.29) is 33.5 Å². The van der Waals surface area contributed by atoms with E-state index in [1.54, 1.807) is 0 Å². The van der Waals surface area contributed by atoms with Crippen molar-refractivity contribution in [3.8, 4) is 33.4 Å². The van der Waals surface area contributed by atoms with Crippen LogP contribution >= 0.6 is 0 Å². The second-order valence-electron chi connectivity index (χ2n) is 15.0. The molecule has 1 N–H and O–H groups in total. The van der Waals surface area contributed by atoms with E-state index in [0.29, 0.717) is 33.0 Å². The highest BCUT2D eigenvalue weighted by Gasteiger charge is 2.41. The smallest absolute Gasteiger partial charge is 0.206 e. The van der Waals surface area contributed by atoms with E-state index >= 15 is 16.8 Å². The SMILES string of the molecule is CC(C)c1cccc(C(C)C)c1-c1cc2ccccc2c2c1S(=O)(=O)NS(=O)(=O)c1c(-c3c(C(C)C)cccc3C(C)C)cc3ccccc3c1-2. The second kappa shape index (κ2) is 12.7. The highest BCUT2D eigenvalue weighted by molar-refractivity contribution is 8.05. The molecule has 0 aliphatic carbocycles. The third kappa shape index (κ3) is 5.70. The van der Waals surface area contributed by atoms with Gasteiger partial charge in [-0.2, -0.15) is 0 Å². The third-order valence-corrected chi connectivity index (χ3v) is 14.0. The van der Waals surface area contributed by atoms with Crippen molar-refractivity contribution < 1.29 is 16.8 Å². The van der Waals surface area contributed by atoms with E-state index in [1.807, 2.05) is 72.8 Å². The molecule has 0 aromatic heterocycles. The minimum atomic E-state index is -4.67. The van der Waals surface area contributed by atoms with Crippen LogP contribution in [0.3, 0.4) is 0 Å². The number of hydrogen-bond donors (Lipinski definition) is 1. The van der Waals surface area contributed by atoms with Gasteiger partial charge in [0, 0.05) is 22.3 Å². The minimum Gasteiger partial charge on any atom is -0.206 e. The molecule has 0 saturated heterocycles. The van der Waals surface area contributed by atoms with Crippen molar-refractivity contribution in [1.29, 1.82) is 0 Å². The van der Waals surface area contributed by atoms with E-state index in [4.69, 9.17) is 0 Å². The zero-order valence-electron chi connectivity index (χ0n) is 30.5. The molecule has 0 radical (unpaired) electrons. The van der Waals surface area contributed by atoms with Crippen LogP contribution in [0.1, 0.15) is 101 Å². The summed E-state index contributed by atoms with van der Waals surface area (Å²) in [4.78, 5) is -0.0240. The molecule has 5 nitrogen and oxygen atoms in total. The fourth-order valence-electron chi connectivity index (χ4n) is 8.04. The lowest BCUT2D eigenvalue weighted by molar-refractivity contribution is 0.578. The molecule has 0 atom stereocenters. The molecule has 7 heteroatoms. The van der Waals surface area contributed by atoms with Gasteiger partial charge in [-0.3, -0.25) is 0 Å². The molecule has 1 heterocycles. The van der Waals surface area contributed by atoms with Gasteiger partial charge in [0.2, 0.25) is 0 Å². The van der Waals surface area contributed by atoms with Crippen LogP contribution in [0.5, 0.6) is 0 Å². The highest BCUT2D eigenvalue weighted by Crippen LogP contribution is 2.53. The van der Waals surface area contributed by atoms with Crippen LogP contribution in [0.4, 0.5) is 0 Å². The van der Waals surface area contributed by atoms with Gasteiger partial charge in [-0.05, 0) is 90.7 Å². The summed E-state index contributed by atoms with van der Waals surface area (Å²) in [5.41, 5.74) is 7.53. The molecule has 51 heavy (non-hydrogen) atoms. The Kier molecular flexibility index (Phi) is 8.76. The average Bonchev–Trinajstić information content (AvgIpc) is 3.15. The first-order chi connectivity index (χ1) is 24.1. The molecular weight excluding hydrogens is 671 g/mol. The van der Waals surface area contributed by atoms with Gasteiger partial charge in [-0.1, -0.05) is 140 Å². The van der Waals surface area contributed by atoms with Gasteiger partial charge in [0.25, 0.3) is 20.0 Å². The summed E-state index contributed by atoms with van der Waals surface area (Å²) in [5, 5.41) is 3.02. The summed E-state index contributed by atoms with van der Waals surface area (Å²) in [6, 6.07) is 31.6. The summed E-state index contributed by atoms with van der Waals surface area (Å²) in [5.74, 6) is 0.306. The number of nitrogens with one attached hydrogen (secondary N) is 1. The van der Waals surface area contributed by atoms with Crippen molar-refractivity contribution in [2.75, 3.05) is 0 Å². The Bertz CT molecular complexity index is 2370. The quantitative estimate of drug-likeness (QED) is 0.186.